The summed E-state index contributed by atoms with van der Waals surface area (Å²) in [6.45, 7) is 0.353. The van der Waals surface area contributed by atoms with Crippen molar-refractivity contribution in [3.63, 3.8) is 0 Å². The van der Waals surface area contributed by atoms with E-state index in [4.69, 9.17) is 46.4 Å². The van der Waals surface area contributed by atoms with E-state index in [9.17, 15) is 4.79 Å². The van der Waals surface area contributed by atoms with Crippen LogP contribution in [0.25, 0.3) is 0 Å². The summed E-state index contributed by atoms with van der Waals surface area (Å²) in [5.41, 5.74) is 0. The van der Waals surface area contributed by atoms with Crippen molar-refractivity contribution in [3.8, 4) is 0 Å². The normalized spacial score (nSPS) is 28.5. The summed E-state index contributed by atoms with van der Waals surface area (Å²) in [5, 5.41) is 2.75. The molecule has 0 unspecified atom stereocenters. The smallest absolute Gasteiger partial charge is 0.207 e. The number of ketones is 1. The van der Waals surface area contributed by atoms with Crippen molar-refractivity contribution in [2.24, 2.45) is 0 Å². The van der Waals surface area contributed by atoms with E-state index in [1.54, 1.807) is 0 Å². The van der Waals surface area contributed by atoms with E-state index < -0.39 is 14.4 Å². The third kappa shape index (κ3) is 1.93. The highest BCUT2D eigenvalue weighted by Gasteiger charge is 2.50. The van der Waals surface area contributed by atoms with Crippen LogP contribution in [0.5, 0.6) is 0 Å². The lowest BCUT2D eigenvalue weighted by Crippen LogP contribution is -2.56. The molecule has 0 aromatic heterocycles. The second kappa shape index (κ2) is 2.93. The Labute approximate surface area is 84.1 Å². The topological polar surface area (TPSA) is 29.1 Å². The molecule has 2 nitrogen and oxygen atoms in total. The molecule has 1 aliphatic heterocycles. The Morgan fingerprint density at radius 3 is 1.73 bits per heavy atom. The molecule has 11 heavy (non-hydrogen) atoms. The SMILES string of the molecule is O=C1C(Cl)(Cl)CNCC1(Cl)Cl. The third-order valence-electron chi connectivity index (χ3n) is 1.36. The van der Waals surface area contributed by atoms with Crippen LogP contribution in [0.3, 0.4) is 0 Å². The fourth-order valence-corrected chi connectivity index (χ4v) is 2.02. The molecular weight excluding hydrogens is 232 g/mol. The van der Waals surface area contributed by atoms with Gasteiger partial charge in [-0.25, -0.2) is 0 Å². The lowest BCUT2D eigenvalue weighted by molar-refractivity contribution is -0.121. The largest absolute Gasteiger partial charge is 0.310 e. The highest BCUT2D eigenvalue weighted by molar-refractivity contribution is 6.69. The number of piperidine rings is 1. The van der Waals surface area contributed by atoms with Crippen molar-refractivity contribution < 1.29 is 4.79 Å². The summed E-state index contributed by atoms with van der Waals surface area (Å²) in [4.78, 5) is 11.2. The molecule has 0 aromatic rings. The predicted octanol–water partition coefficient (Wildman–Crippen LogP) is 1.51. The Kier molecular flexibility index (Phi) is 2.63. The molecule has 1 aliphatic rings. The number of hydrogen-bond donors (Lipinski definition) is 1. The van der Waals surface area contributed by atoms with Crippen LogP contribution in [0.1, 0.15) is 0 Å². The van der Waals surface area contributed by atoms with Crippen LogP contribution < -0.4 is 5.32 Å². The van der Waals surface area contributed by atoms with Gasteiger partial charge in [-0.05, 0) is 0 Å². The molecule has 1 heterocycles. The van der Waals surface area contributed by atoms with Crippen LogP contribution in [0.15, 0.2) is 0 Å². The van der Waals surface area contributed by atoms with Crippen molar-refractivity contribution in [3.05, 3.63) is 0 Å². The van der Waals surface area contributed by atoms with Crippen molar-refractivity contribution in [1.29, 1.82) is 0 Å². The first-order valence-corrected chi connectivity index (χ1v) is 4.39. The van der Waals surface area contributed by atoms with Crippen LogP contribution in [-0.4, -0.2) is 27.5 Å². The Balaban J connectivity index is 2.85. The standard InChI is InChI=1S/C5H5Cl4NO/c6-4(7)1-10-2-5(8,9)3(4)11/h10H,1-2H2. The van der Waals surface area contributed by atoms with Crippen LogP contribution in [-0.2, 0) is 4.79 Å². The van der Waals surface area contributed by atoms with Gasteiger partial charge in [-0.15, -0.1) is 0 Å². The summed E-state index contributed by atoms with van der Waals surface area (Å²) in [7, 11) is 0. The molecule has 1 N–H and O–H groups in total. The van der Waals surface area contributed by atoms with E-state index >= 15 is 0 Å². The molecular formula is C5H5Cl4NO. The fourth-order valence-electron chi connectivity index (χ4n) is 0.805. The number of Topliss-reactive ketones (excluding diaryl/α,β-unsaturated/α-hetero) is 1. The maximum absolute atomic E-state index is 11.2. The summed E-state index contributed by atoms with van der Waals surface area (Å²) >= 11 is 22.4. The Morgan fingerprint density at radius 2 is 1.45 bits per heavy atom. The Bertz CT molecular complexity index is 173. The number of halogens is 4. The molecule has 0 amide bonds. The second-order valence-electron chi connectivity index (χ2n) is 2.34. The van der Waals surface area contributed by atoms with Gasteiger partial charge in [0.2, 0.25) is 5.78 Å². The van der Waals surface area contributed by atoms with Gasteiger partial charge in [-0.1, -0.05) is 46.4 Å². The first-order valence-electron chi connectivity index (χ1n) is 2.87. The maximum Gasteiger partial charge on any atom is 0.207 e. The molecule has 1 rings (SSSR count). The fraction of sp³-hybridized carbons (Fsp3) is 0.800. The van der Waals surface area contributed by atoms with Gasteiger partial charge in [0, 0.05) is 13.1 Å². The van der Waals surface area contributed by atoms with Crippen LogP contribution >= 0.6 is 46.4 Å². The Hall–Kier alpha value is 0.790. The number of alkyl halides is 4. The maximum atomic E-state index is 11.2. The van der Waals surface area contributed by atoms with Gasteiger partial charge >= 0.3 is 0 Å². The molecule has 1 fully saturated rings. The van der Waals surface area contributed by atoms with Gasteiger partial charge in [-0.3, -0.25) is 4.79 Å². The molecule has 0 atom stereocenters. The molecule has 0 aromatic carbocycles. The van der Waals surface area contributed by atoms with E-state index in [0.717, 1.165) is 0 Å². The first kappa shape index (κ1) is 9.87. The van der Waals surface area contributed by atoms with Gasteiger partial charge in [0.05, 0.1) is 0 Å². The molecule has 64 valence electrons. The van der Waals surface area contributed by atoms with E-state index in [2.05, 4.69) is 5.32 Å². The number of rotatable bonds is 0. The van der Waals surface area contributed by atoms with E-state index in [1.165, 1.54) is 0 Å². The zero-order valence-corrected chi connectivity index (χ0v) is 8.36. The van der Waals surface area contributed by atoms with Gasteiger partial charge in [0.25, 0.3) is 0 Å². The Morgan fingerprint density at radius 1 is 1.09 bits per heavy atom. The monoisotopic (exact) mass is 235 g/mol. The molecule has 0 saturated carbocycles. The lowest BCUT2D eigenvalue weighted by atomic mass is 10.1. The highest BCUT2D eigenvalue weighted by Crippen LogP contribution is 2.36. The number of carbonyl (C=O) groups excluding carboxylic acids is 1. The van der Waals surface area contributed by atoms with E-state index in [1.807, 2.05) is 0 Å². The summed E-state index contributed by atoms with van der Waals surface area (Å²) in [6, 6.07) is 0. The zero-order valence-electron chi connectivity index (χ0n) is 5.33. The van der Waals surface area contributed by atoms with Crippen molar-refractivity contribution in [2.45, 2.75) is 8.67 Å². The third-order valence-corrected chi connectivity index (χ3v) is 2.58. The zero-order chi connectivity index (χ0) is 8.70. The molecule has 1 saturated heterocycles. The number of hydrogen-bond acceptors (Lipinski definition) is 2. The second-order valence-corrected chi connectivity index (χ2v) is 5.31. The van der Waals surface area contributed by atoms with Gasteiger partial charge < -0.3 is 5.32 Å². The number of carbonyl (C=O) groups is 1. The highest BCUT2D eigenvalue weighted by atomic mass is 35.5. The van der Waals surface area contributed by atoms with Crippen LogP contribution in [0.2, 0.25) is 0 Å². The van der Waals surface area contributed by atoms with Gasteiger partial charge in [0.1, 0.15) is 0 Å². The average molecular weight is 237 g/mol. The van der Waals surface area contributed by atoms with E-state index in [-0.39, 0.29) is 13.1 Å². The predicted molar refractivity (Wildman–Crippen MR) is 46.8 cm³/mol. The van der Waals surface area contributed by atoms with E-state index in [0.29, 0.717) is 0 Å². The van der Waals surface area contributed by atoms with Gasteiger partial charge in [0.15, 0.2) is 8.67 Å². The molecule has 0 spiro atoms. The first-order chi connectivity index (χ1) is 4.86. The summed E-state index contributed by atoms with van der Waals surface area (Å²) in [5.74, 6) is -0.560. The lowest BCUT2D eigenvalue weighted by Gasteiger charge is -2.32. The van der Waals surface area contributed by atoms with Crippen LogP contribution in [0, 0.1) is 0 Å². The number of nitrogens with one attached hydrogen (secondary N) is 1. The van der Waals surface area contributed by atoms with Crippen LogP contribution in [0.4, 0.5) is 0 Å². The van der Waals surface area contributed by atoms with Crippen molar-refractivity contribution in [1.82, 2.24) is 5.32 Å². The molecule has 0 bridgehead atoms. The summed E-state index contributed by atoms with van der Waals surface area (Å²) < 4.78 is -3.00. The van der Waals surface area contributed by atoms with Crippen molar-refractivity contribution in [2.75, 3.05) is 13.1 Å². The minimum atomic E-state index is -1.50. The molecule has 0 aliphatic carbocycles. The van der Waals surface area contributed by atoms with Gasteiger partial charge in [-0.2, -0.15) is 0 Å². The molecule has 6 heteroatoms. The average Bonchev–Trinajstić information content (AvgIpc) is 1.82. The minimum absolute atomic E-state index is 0.177. The minimum Gasteiger partial charge on any atom is -0.310 e. The summed E-state index contributed by atoms with van der Waals surface area (Å²) in [6.07, 6.45) is 0. The van der Waals surface area contributed by atoms with Crippen molar-refractivity contribution >= 4 is 52.2 Å². The molecule has 0 radical (unpaired) electrons. The quantitative estimate of drug-likeness (QED) is 0.647.